The molecule has 1 aliphatic heterocycles. The van der Waals surface area contributed by atoms with Gasteiger partial charge < -0.3 is 9.64 Å². The number of ether oxygens (including phenoxy) is 1. The van der Waals surface area contributed by atoms with Gasteiger partial charge in [0.1, 0.15) is 17.0 Å². The molecule has 3 heteroatoms. The van der Waals surface area contributed by atoms with Gasteiger partial charge in [-0.2, -0.15) is 0 Å². The lowest BCUT2D eigenvalue weighted by atomic mass is 10.0. The Labute approximate surface area is 144 Å². The van der Waals surface area contributed by atoms with E-state index in [1.807, 2.05) is 38.4 Å². The number of anilines is 1. The van der Waals surface area contributed by atoms with Gasteiger partial charge in [0.05, 0.1) is 0 Å². The molecule has 0 bridgehead atoms. The minimum absolute atomic E-state index is 0.273. The number of fused-ring (bicyclic) bond motifs is 1. The second-order valence-corrected chi connectivity index (χ2v) is 6.93. The molecule has 24 heavy (non-hydrogen) atoms. The summed E-state index contributed by atoms with van der Waals surface area (Å²) in [6.07, 6.45) is 4.98. The van der Waals surface area contributed by atoms with E-state index in [-0.39, 0.29) is 5.60 Å². The predicted molar refractivity (Wildman–Crippen MR) is 103 cm³/mol. The highest BCUT2D eigenvalue weighted by atomic mass is 16.5. The second-order valence-electron chi connectivity index (χ2n) is 6.93. The van der Waals surface area contributed by atoms with Crippen molar-refractivity contribution in [2.24, 2.45) is 4.99 Å². The topological polar surface area (TPSA) is 24.8 Å². The fourth-order valence-electron chi connectivity index (χ4n) is 2.77. The number of hydrogen-bond donors (Lipinski definition) is 0. The Kier molecular flexibility index (Phi) is 4.43. The summed E-state index contributed by atoms with van der Waals surface area (Å²) in [5.41, 5.74) is 4.01. The van der Waals surface area contributed by atoms with E-state index in [0.29, 0.717) is 0 Å². The van der Waals surface area contributed by atoms with Gasteiger partial charge in [0.15, 0.2) is 0 Å². The Hall–Kier alpha value is -2.55. The summed E-state index contributed by atoms with van der Waals surface area (Å²) in [5, 5.41) is 0. The predicted octanol–water partition coefficient (Wildman–Crippen LogP) is 5.10. The van der Waals surface area contributed by atoms with Gasteiger partial charge in [-0.15, -0.1) is 0 Å². The normalized spacial score (nSPS) is 16.1. The number of nitrogens with zero attached hydrogens (tertiary/aromatic N) is 2. The van der Waals surface area contributed by atoms with Gasteiger partial charge in [-0.25, -0.2) is 4.99 Å². The van der Waals surface area contributed by atoms with Crippen LogP contribution >= 0.6 is 0 Å². The fourth-order valence-corrected chi connectivity index (χ4v) is 2.77. The van der Waals surface area contributed by atoms with Gasteiger partial charge in [0.25, 0.3) is 0 Å². The Bertz CT molecular complexity index is 771. The lowest BCUT2D eigenvalue weighted by Crippen LogP contribution is -2.29. The summed E-state index contributed by atoms with van der Waals surface area (Å²) in [7, 11) is 4.09. The standard InChI is InChI=1S/C21H24N2O/c1-21(2)15-17(22-19-7-5-6-8-20(19)24-21)12-9-16-10-13-18(14-11-16)23(3)4/h5-14H,15H2,1-4H3. The SMILES string of the molecule is CN(C)c1ccc(C=CC2=Nc3ccccc3OC(C)(C)C2)cc1. The maximum Gasteiger partial charge on any atom is 0.145 e. The van der Waals surface area contributed by atoms with Gasteiger partial charge in [-0.1, -0.05) is 30.3 Å². The van der Waals surface area contributed by atoms with Crippen molar-refractivity contribution in [3.05, 3.63) is 60.2 Å². The van der Waals surface area contributed by atoms with E-state index in [1.165, 1.54) is 11.3 Å². The van der Waals surface area contributed by atoms with E-state index in [4.69, 9.17) is 9.73 Å². The molecule has 0 atom stereocenters. The van der Waals surface area contributed by atoms with Crippen molar-refractivity contribution in [3.63, 3.8) is 0 Å². The van der Waals surface area contributed by atoms with Crippen molar-refractivity contribution in [3.8, 4) is 5.75 Å². The molecule has 0 unspecified atom stereocenters. The first-order valence-corrected chi connectivity index (χ1v) is 8.24. The summed E-state index contributed by atoms with van der Waals surface area (Å²) in [6, 6.07) is 16.4. The quantitative estimate of drug-likeness (QED) is 0.786. The number of hydrogen-bond acceptors (Lipinski definition) is 3. The lowest BCUT2D eigenvalue weighted by Gasteiger charge is -2.24. The molecule has 0 spiro atoms. The molecule has 1 aliphatic rings. The molecular weight excluding hydrogens is 296 g/mol. The number of aliphatic imine (C=N–C) groups is 1. The Morgan fingerprint density at radius 1 is 1.00 bits per heavy atom. The monoisotopic (exact) mass is 320 g/mol. The first-order valence-electron chi connectivity index (χ1n) is 8.24. The number of allylic oxidation sites excluding steroid dienone is 1. The van der Waals surface area contributed by atoms with Gasteiger partial charge in [0, 0.05) is 31.9 Å². The number of benzene rings is 2. The van der Waals surface area contributed by atoms with Crippen LogP contribution in [0.3, 0.4) is 0 Å². The van der Waals surface area contributed by atoms with Gasteiger partial charge in [0.2, 0.25) is 0 Å². The molecule has 3 nitrogen and oxygen atoms in total. The van der Waals surface area contributed by atoms with Crippen molar-refractivity contribution in [1.29, 1.82) is 0 Å². The zero-order valence-electron chi connectivity index (χ0n) is 14.8. The van der Waals surface area contributed by atoms with Crippen LogP contribution in [-0.2, 0) is 0 Å². The van der Waals surface area contributed by atoms with E-state index in [2.05, 4.69) is 55.2 Å². The zero-order valence-corrected chi connectivity index (χ0v) is 14.8. The van der Waals surface area contributed by atoms with Crippen LogP contribution in [0.4, 0.5) is 11.4 Å². The first-order chi connectivity index (χ1) is 11.4. The third-order valence-corrected chi connectivity index (χ3v) is 4.00. The minimum Gasteiger partial charge on any atom is -0.485 e. The molecule has 0 fully saturated rings. The summed E-state index contributed by atoms with van der Waals surface area (Å²) in [4.78, 5) is 6.89. The summed E-state index contributed by atoms with van der Waals surface area (Å²) >= 11 is 0. The van der Waals surface area contributed by atoms with E-state index in [1.54, 1.807) is 0 Å². The summed E-state index contributed by atoms with van der Waals surface area (Å²) in [5.74, 6) is 0.848. The first kappa shape index (κ1) is 16.3. The molecule has 0 N–H and O–H groups in total. The Balaban J connectivity index is 1.86. The van der Waals surface area contributed by atoms with E-state index >= 15 is 0 Å². The van der Waals surface area contributed by atoms with Gasteiger partial charge in [-0.05, 0) is 49.8 Å². The molecule has 0 saturated heterocycles. The van der Waals surface area contributed by atoms with Crippen molar-refractivity contribution < 1.29 is 4.74 Å². The van der Waals surface area contributed by atoms with Crippen LogP contribution in [-0.4, -0.2) is 25.4 Å². The molecule has 0 saturated carbocycles. The minimum atomic E-state index is -0.273. The molecule has 2 aromatic carbocycles. The summed E-state index contributed by atoms with van der Waals surface area (Å²) in [6.45, 7) is 4.20. The van der Waals surface area contributed by atoms with Crippen LogP contribution in [0.5, 0.6) is 5.75 Å². The number of para-hydroxylation sites is 2. The highest BCUT2D eigenvalue weighted by molar-refractivity contribution is 6.01. The molecule has 3 rings (SSSR count). The van der Waals surface area contributed by atoms with Crippen LogP contribution in [0.1, 0.15) is 25.8 Å². The third-order valence-electron chi connectivity index (χ3n) is 4.00. The molecule has 0 radical (unpaired) electrons. The number of rotatable bonds is 3. The molecule has 1 heterocycles. The molecular formula is C21H24N2O. The van der Waals surface area contributed by atoms with Crippen LogP contribution in [0.2, 0.25) is 0 Å². The van der Waals surface area contributed by atoms with Crippen molar-refractivity contribution >= 4 is 23.2 Å². The average Bonchev–Trinajstić information content (AvgIpc) is 2.67. The van der Waals surface area contributed by atoms with Crippen molar-refractivity contribution in [2.75, 3.05) is 19.0 Å². The third kappa shape index (κ3) is 3.85. The Morgan fingerprint density at radius 2 is 1.71 bits per heavy atom. The molecule has 0 aliphatic carbocycles. The van der Waals surface area contributed by atoms with Crippen LogP contribution < -0.4 is 9.64 Å². The maximum absolute atomic E-state index is 6.11. The van der Waals surface area contributed by atoms with Crippen LogP contribution in [0.15, 0.2) is 59.6 Å². The van der Waals surface area contributed by atoms with Crippen LogP contribution in [0, 0.1) is 0 Å². The molecule has 2 aromatic rings. The molecule has 0 amide bonds. The zero-order chi connectivity index (χ0) is 17.2. The lowest BCUT2D eigenvalue weighted by molar-refractivity contribution is 0.120. The highest BCUT2D eigenvalue weighted by Crippen LogP contribution is 2.35. The maximum atomic E-state index is 6.11. The molecule has 0 aromatic heterocycles. The summed E-state index contributed by atoms with van der Waals surface area (Å²) < 4.78 is 6.11. The highest BCUT2D eigenvalue weighted by Gasteiger charge is 2.25. The van der Waals surface area contributed by atoms with Gasteiger partial charge in [-0.3, -0.25) is 0 Å². The largest absolute Gasteiger partial charge is 0.485 e. The smallest absolute Gasteiger partial charge is 0.145 e. The Morgan fingerprint density at radius 3 is 2.42 bits per heavy atom. The van der Waals surface area contributed by atoms with Crippen LogP contribution in [0.25, 0.3) is 6.08 Å². The van der Waals surface area contributed by atoms with E-state index in [0.717, 1.165) is 23.6 Å². The van der Waals surface area contributed by atoms with Gasteiger partial charge >= 0.3 is 0 Å². The van der Waals surface area contributed by atoms with E-state index < -0.39 is 0 Å². The molecule has 124 valence electrons. The fraction of sp³-hybridized carbons (Fsp3) is 0.286. The average molecular weight is 320 g/mol. The van der Waals surface area contributed by atoms with Crippen molar-refractivity contribution in [2.45, 2.75) is 25.9 Å². The van der Waals surface area contributed by atoms with Crippen molar-refractivity contribution in [1.82, 2.24) is 0 Å². The van der Waals surface area contributed by atoms with E-state index in [9.17, 15) is 0 Å². The second kappa shape index (κ2) is 6.52.